The van der Waals surface area contributed by atoms with E-state index in [2.05, 4.69) is 24.5 Å². The van der Waals surface area contributed by atoms with Crippen LogP contribution in [0.3, 0.4) is 0 Å². The first-order valence-electron chi connectivity index (χ1n) is 11.1. The standard InChI is InChI=1S/C23H33N3O3.ClH/c1-15-4-3-5-16(2)26(15)22(27)14-29-21-10-6-17(7-11-21)23(28)25-20-12-18-8-9-19(13-20)24-18;/h6-7,10-11,15-16,18-20,24H,3-5,8-9,12-14H2,1-2H3,(H,25,28);1H. The average Bonchev–Trinajstić information content (AvgIpc) is 3.04. The summed E-state index contributed by atoms with van der Waals surface area (Å²) in [6.07, 6.45) is 7.75. The van der Waals surface area contributed by atoms with Crippen LogP contribution >= 0.6 is 12.4 Å². The van der Waals surface area contributed by atoms with Crippen molar-refractivity contribution in [2.45, 2.75) is 89.0 Å². The summed E-state index contributed by atoms with van der Waals surface area (Å²) in [4.78, 5) is 27.1. The molecule has 2 amide bonds. The first-order chi connectivity index (χ1) is 14.0. The molecular weight excluding hydrogens is 402 g/mol. The molecule has 2 N–H and O–H groups in total. The van der Waals surface area contributed by atoms with E-state index in [1.54, 1.807) is 24.3 Å². The van der Waals surface area contributed by atoms with Gasteiger partial charge >= 0.3 is 0 Å². The van der Waals surface area contributed by atoms with Crippen LogP contribution < -0.4 is 15.4 Å². The molecule has 0 radical (unpaired) electrons. The molecule has 0 aliphatic carbocycles. The van der Waals surface area contributed by atoms with E-state index >= 15 is 0 Å². The van der Waals surface area contributed by atoms with Gasteiger partial charge in [-0.1, -0.05) is 0 Å². The second-order valence-electron chi connectivity index (χ2n) is 9.02. The normalized spacial score (nSPS) is 30.3. The number of amides is 2. The second kappa shape index (κ2) is 10.0. The van der Waals surface area contributed by atoms with Gasteiger partial charge in [-0.3, -0.25) is 9.59 Å². The van der Waals surface area contributed by atoms with E-state index in [0.717, 1.165) is 25.7 Å². The Labute approximate surface area is 185 Å². The van der Waals surface area contributed by atoms with Crippen LogP contribution in [-0.4, -0.2) is 53.5 Å². The van der Waals surface area contributed by atoms with Gasteiger partial charge in [0.2, 0.25) is 0 Å². The highest BCUT2D eigenvalue weighted by Crippen LogP contribution is 2.27. The molecule has 0 spiro atoms. The fraction of sp³-hybridized carbons (Fsp3) is 0.652. The quantitative estimate of drug-likeness (QED) is 0.744. The zero-order valence-electron chi connectivity index (χ0n) is 17.9. The predicted molar refractivity (Wildman–Crippen MR) is 119 cm³/mol. The number of fused-ring (bicyclic) bond motifs is 2. The van der Waals surface area contributed by atoms with Crippen LogP contribution in [0.4, 0.5) is 0 Å². The van der Waals surface area contributed by atoms with Gasteiger partial charge in [-0.05, 0) is 83.1 Å². The summed E-state index contributed by atoms with van der Waals surface area (Å²) >= 11 is 0. The van der Waals surface area contributed by atoms with E-state index in [1.165, 1.54) is 19.3 Å². The largest absolute Gasteiger partial charge is 0.484 e. The van der Waals surface area contributed by atoms with Gasteiger partial charge in [0.15, 0.2) is 6.61 Å². The van der Waals surface area contributed by atoms with E-state index in [4.69, 9.17) is 4.74 Å². The number of nitrogens with zero attached hydrogens (tertiary/aromatic N) is 1. The maximum absolute atomic E-state index is 12.6. The Morgan fingerprint density at radius 1 is 1.03 bits per heavy atom. The molecule has 3 aliphatic heterocycles. The molecular formula is C23H34ClN3O3. The highest BCUT2D eigenvalue weighted by Gasteiger charge is 2.34. The SMILES string of the molecule is CC1CCCC(C)N1C(=O)COc1ccc(C(=O)NC2CC3CCC(C2)N3)cc1.Cl. The van der Waals surface area contributed by atoms with Crippen LogP contribution in [-0.2, 0) is 4.79 Å². The van der Waals surface area contributed by atoms with Gasteiger partial charge in [-0.25, -0.2) is 0 Å². The number of benzene rings is 1. The maximum Gasteiger partial charge on any atom is 0.260 e. The molecule has 3 heterocycles. The van der Waals surface area contributed by atoms with Crippen LogP contribution in [0.25, 0.3) is 0 Å². The lowest BCUT2D eigenvalue weighted by Crippen LogP contribution is -2.49. The van der Waals surface area contributed by atoms with Crippen LogP contribution in [0.2, 0.25) is 0 Å². The summed E-state index contributed by atoms with van der Waals surface area (Å²) in [5.41, 5.74) is 0.632. The fourth-order valence-corrected chi connectivity index (χ4v) is 5.28. The molecule has 1 aromatic rings. The highest BCUT2D eigenvalue weighted by atomic mass is 35.5. The third-order valence-corrected chi connectivity index (χ3v) is 6.77. The zero-order valence-corrected chi connectivity index (χ0v) is 18.7. The number of halogens is 1. The minimum Gasteiger partial charge on any atom is -0.484 e. The van der Waals surface area contributed by atoms with Crippen molar-refractivity contribution in [2.75, 3.05) is 6.61 Å². The van der Waals surface area contributed by atoms with Gasteiger partial charge in [0.05, 0.1) is 0 Å². The molecule has 4 unspecified atom stereocenters. The molecule has 1 aromatic carbocycles. The Morgan fingerprint density at radius 3 is 2.23 bits per heavy atom. The monoisotopic (exact) mass is 435 g/mol. The number of piperidine rings is 2. The number of hydrogen-bond acceptors (Lipinski definition) is 4. The Morgan fingerprint density at radius 2 is 1.63 bits per heavy atom. The van der Waals surface area contributed by atoms with E-state index in [-0.39, 0.29) is 49.0 Å². The van der Waals surface area contributed by atoms with Crippen molar-refractivity contribution >= 4 is 24.2 Å². The molecule has 2 bridgehead atoms. The first kappa shape index (κ1) is 22.9. The molecule has 3 fully saturated rings. The smallest absolute Gasteiger partial charge is 0.260 e. The van der Waals surface area contributed by atoms with Crippen molar-refractivity contribution in [3.63, 3.8) is 0 Å². The number of hydrogen-bond donors (Lipinski definition) is 2. The van der Waals surface area contributed by atoms with Crippen LogP contribution in [0, 0.1) is 0 Å². The molecule has 4 rings (SSSR count). The summed E-state index contributed by atoms with van der Waals surface area (Å²) < 4.78 is 5.71. The molecule has 166 valence electrons. The highest BCUT2D eigenvalue weighted by molar-refractivity contribution is 5.94. The molecule has 3 aliphatic rings. The second-order valence-corrected chi connectivity index (χ2v) is 9.02. The third kappa shape index (κ3) is 5.27. The lowest BCUT2D eigenvalue weighted by molar-refractivity contribution is -0.139. The average molecular weight is 436 g/mol. The number of ether oxygens (including phenoxy) is 1. The molecule has 3 saturated heterocycles. The zero-order chi connectivity index (χ0) is 20.4. The number of rotatable bonds is 5. The molecule has 7 heteroatoms. The van der Waals surface area contributed by atoms with E-state index in [1.807, 2.05) is 4.90 Å². The summed E-state index contributed by atoms with van der Waals surface area (Å²) in [5, 5.41) is 6.77. The van der Waals surface area contributed by atoms with Gasteiger partial charge in [0, 0.05) is 35.8 Å². The van der Waals surface area contributed by atoms with Gasteiger partial charge in [-0.15, -0.1) is 12.4 Å². The third-order valence-electron chi connectivity index (χ3n) is 6.77. The number of likely N-dealkylation sites (tertiary alicyclic amines) is 1. The van der Waals surface area contributed by atoms with E-state index < -0.39 is 0 Å². The molecule has 6 nitrogen and oxygen atoms in total. The van der Waals surface area contributed by atoms with Crippen molar-refractivity contribution in [1.29, 1.82) is 0 Å². The van der Waals surface area contributed by atoms with Crippen molar-refractivity contribution in [3.8, 4) is 5.75 Å². The maximum atomic E-state index is 12.6. The fourth-order valence-electron chi connectivity index (χ4n) is 5.28. The topological polar surface area (TPSA) is 70.7 Å². The van der Waals surface area contributed by atoms with Crippen LogP contribution in [0.5, 0.6) is 5.75 Å². The summed E-state index contributed by atoms with van der Waals surface area (Å²) in [7, 11) is 0. The first-order valence-corrected chi connectivity index (χ1v) is 11.1. The molecule has 30 heavy (non-hydrogen) atoms. The summed E-state index contributed by atoms with van der Waals surface area (Å²) in [6, 6.07) is 9.00. The van der Waals surface area contributed by atoms with Crippen LogP contribution in [0.1, 0.15) is 69.2 Å². The minimum atomic E-state index is -0.0325. The molecule has 0 saturated carbocycles. The van der Waals surface area contributed by atoms with Crippen molar-refractivity contribution in [1.82, 2.24) is 15.5 Å². The van der Waals surface area contributed by atoms with Crippen molar-refractivity contribution in [3.05, 3.63) is 29.8 Å². The summed E-state index contributed by atoms with van der Waals surface area (Å²) in [6.45, 7) is 4.25. The minimum absolute atomic E-state index is 0. The Bertz CT molecular complexity index is 720. The Kier molecular flexibility index (Phi) is 7.64. The number of carbonyl (C=O) groups excluding carboxylic acids is 2. The van der Waals surface area contributed by atoms with Gasteiger partial charge in [0.1, 0.15) is 5.75 Å². The molecule has 0 aromatic heterocycles. The predicted octanol–water partition coefficient (Wildman–Crippen LogP) is 3.29. The van der Waals surface area contributed by atoms with Crippen molar-refractivity contribution < 1.29 is 14.3 Å². The van der Waals surface area contributed by atoms with Crippen molar-refractivity contribution in [2.24, 2.45) is 0 Å². The van der Waals surface area contributed by atoms with Gasteiger partial charge in [0.25, 0.3) is 11.8 Å². The van der Waals surface area contributed by atoms with E-state index in [9.17, 15) is 9.59 Å². The van der Waals surface area contributed by atoms with Gasteiger partial charge < -0.3 is 20.3 Å². The van der Waals surface area contributed by atoms with Crippen LogP contribution in [0.15, 0.2) is 24.3 Å². The molecule has 4 atom stereocenters. The lowest BCUT2D eigenvalue weighted by atomic mass is 9.97. The van der Waals surface area contributed by atoms with Gasteiger partial charge in [-0.2, -0.15) is 0 Å². The Balaban J connectivity index is 0.00000256. The lowest BCUT2D eigenvalue weighted by Gasteiger charge is -2.38. The van der Waals surface area contributed by atoms with E-state index in [0.29, 0.717) is 23.4 Å². The number of carbonyl (C=O) groups is 2. The summed E-state index contributed by atoms with van der Waals surface area (Å²) in [5.74, 6) is 0.620. The number of nitrogens with one attached hydrogen (secondary N) is 2. The Hall–Kier alpha value is -1.79.